The number of hydrogen-bond donors (Lipinski definition) is 0. The van der Waals surface area contributed by atoms with Gasteiger partial charge in [0.05, 0.1) is 18.8 Å². The summed E-state index contributed by atoms with van der Waals surface area (Å²) in [5, 5.41) is 0. The molecule has 1 saturated heterocycles. The Kier molecular flexibility index (Phi) is 5.47. The number of allylic oxidation sites excluding steroid dienone is 2. The van der Waals surface area contributed by atoms with Crippen LogP contribution in [-0.2, 0) is 14.9 Å². The van der Waals surface area contributed by atoms with Crippen LogP contribution < -0.4 is 0 Å². The molecule has 1 heterocycles. The fraction of sp³-hybridized carbons (Fsp3) is 0.444. The summed E-state index contributed by atoms with van der Waals surface area (Å²) < 4.78 is 11.6. The molecule has 1 atom stereocenters. The van der Waals surface area contributed by atoms with Crippen LogP contribution >= 0.6 is 0 Å². The van der Waals surface area contributed by atoms with Crippen LogP contribution in [0.5, 0.6) is 0 Å². The Balaban J connectivity index is 1.50. The zero-order chi connectivity index (χ0) is 22.3. The SMILES string of the molecule is CC1=C[C@](CCCOC(=O)N2C(C)(C)COC2(C)C)(c2ccccc2)c2ccccc21. The van der Waals surface area contributed by atoms with Gasteiger partial charge in [-0.2, -0.15) is 0 Å². The fourth-order valence-corrected chi connectivity index (χ4v) is 5.32. The Morgan fingerprint density at radius 1 is 1.03 bits per heavy atom. The Hall–Kier alpha value is -2.59. The van der Waals surface area contributed by atoms with Crippen LogP contribution in [0.4, 0.5) is 4.79 Å². The first kappa shape index (κ1) is 21.6. The molecular formula is C27H33NO3. The number of nitrogens with zero attached hydrogens (tertiary/aromatic N) is 1. The monoisotopic (exact) mass is 419 g/mol. The van der Waals surface area contributed by atoms with Crippen molar-refractivity contribution in [2.45, 2.75) is 64.1 Å². The standard InChI is InChI=1S/C27H33NO3/c1-20-18-27(21-12-7-6-8-13-21,23-15-10-9-14-22(20)23)16-11-17-30-24(29)28-25(2,3)19-31-26(28,4)5/h6-10,12-15,18H,11,16-17,19H2,1-5H3/t27-/m1/s1. The van der Waals surface area contributed by atoms with Crippen LogP contribution in [0.2, 0.25) is 0 Å². The topological polar surface area (TPSA) is 38.8 Å². The molecule has 0 radical (unpaired) electrons. The maximum Gasteiger partial charge on any atom is 0.412 e. The molecule has 1 aliphatic heterocycles. The molecule has 0 aromatic heterocycles. The molecule has 164 valence electrons. The lowest BCUT2D eigenvalue weighted by Gasteiger charge is -2.36. The molecule has 2 aromatic rings. The third-order valence-electron chi connectivity index (χ3n) is 6.63. The number of amides is 1. The number of carbonyl (C=O) groups is 1. The molecule has 1 fully saturated rings. The van der Waals surface area contributed by atoms with Gasteiger partial charge in [-0.05, 0) is 69.7 Å². The van der Waals surface area contributed by atoms with Crippen LogP contribution in [0.1, 0.15) is 64.2 Å². The van der Waals surface area contributed by atoms with Crippen LogP contribution in [0.15, 0.2) is 60.7 Å². The highest BCUT2D eigenvalue weighted by atomic mass is 16.6. The lowest BCUT2D eigenvalue weighted by molar-refractivity contribution is -0.0519. The van der Waals surface area contributed by atoms with Gasteiger partial charge in [-0.25, -0.2) is 4.79 Å². The summed E-state index contributed by atoms with van der Waals surface area (Å²) in [6, 6.07) is 19.3. The van der Waals surface area contributed by atoms with Crippen molar-refractivity contribution in [2.75, 3.05) is 13.2 Å². The first-order chi connectivity index (χ1) is 14.7. The third kappa shape index (κ3) is 3.78. The lowest BCUT2D eigenvalue weighted by atomic mass is 9.73. The first-order valence-corrected chi connectivity index (χ1v) is 11.1. The van der Waals surface area contributed by atoms with E-state index in [0.717, 1.165) is 12.8 Å². The second-order valence-corrected chi connectivity index (χ2v) is 9.81. The largest absolute Gasteiger partial charge is 0.449 e. The van der Waals surface area contributed by atoms with Gasteiger partial charge >= 0.3 is 6.09 Å². The molecule has 0 N–H and O–H groups in total. The molecule has 0 spiro atoms. The van der Waals surface area contributed by atoms with E-state index in [0.29, 0.717) is 13.2 Å². The van der Waals surface area contributed by atoms with Gasteiger partial charge in [-0.1, -0.05) is 60.7 Å². The van der Waals surface area contributed by atoms with E-state index in [2.05, 4.69) is 67.6 Å². The third-order valence-corrected chi connectivity index (χ3v) is 6.63. The van der Waals surface area contributed by atoms with Crippen LogP contribution in [0, 0.1) is 0 Å². The molecule has 1 aliphatic carbocycles. The van der Waals surface area contributed by atoms with Crippen molar-refractivity contribution in [1.29, 1.82) is 0 Å². The van der Waals surface area contributed by atoms with E-state index in [1.807, 2.05) is 27.7 Å². The molecule has 1 amide bonds. The predicted molar refractivity (Wildman–Crippen MR) is 124 cm³/mol. The molecule has 2 aromatic carbocycles. The number of benzene rings is 2. The van der Waals surface area contributed by atoms with Crippen molar-refractivity contribution in [2.24, 2.45) is 0 Å². The molecule has 0 bridgehead atoms. The van der Waals surface area contributed by atoms with Gasteiger partial charge in [-0.15, -0.1) is 0 Å². The summed E-state index contributed by atoms with van der Waals surface area (Å²) in [5.41, 5.74) is 3.99. The van der Waals surface area contributed by atoms with E-state index < -0.39 is 5.72 Å². The Bertz CT molecular complexity index is 977. The molecule has 31 heavy (non-hydrogen) atoms. The normalized spacial score (nSPS) is 23.4. The molecule has 4 heteroatoms. The van der Waals surface area contributed by atoms with Crippen molar-refractivity contribution in [3.63, 3.8) is 0 Å². The second kappa shape index (κ2) is 7.83. The van der Waals surface area contributed by atoms with Crippen molar-refractivity contribution in [3.05, 3.63) is 77.4 Å². The molecule has 0 saturated carbocycles. The maximum absolute atomic E-state index is 12.9. The Labute approximate surface area is 185 Å². The van der Waals surface area contributed by atoms with Crippen LogP contribution in [0.25, 0.3) is 5.57 Å². The zero-order valence-electron chi connectivity index (χ0n) is 19.3. The maximum atomic E-state index is 12.9. The van der Waals surface area contributed by atoms with E-state index in [1.54, 1.807) is 4.90 Å². The van der Waals surface area contributed by atoms with Crippen LogP contribution in [0.3, 0.4) is 0 Å². The molecule has 2 aliphatic rings. The van der Waals surface area contributed by atoms with Crippen molar-refractivity contribution < 1.29 is 14.3 Å². The van der Waals surface area contributed by atoms with Crippen LogP contribution in [-0.4, -0.2) is 35.5 Å². The minimum absolute atomic E-state index is 0.191. The van der Waals surface area contributed by atoms with Crippen molar-refractivity contribution in [1.82, 2.24) is 4.90 Å². The quantitative estimate of drug-likeness (QED) is 0.545. The number of carbonyl (C=O) groups excluding carboxylic acids is 1. The highest BCUT2D eigenvalue weighted by Gasteiger charge is 2.49. The van der Waals surface area contributed by atoms with E-state index >= 15 is 0 Å². The van der Waals surface area contributed by atoms with E-state index in [4.69, 9.17) is 9.47 Å². The summed E-state index contributed by atoms with van der Waals surface area (Å²) in [7, 11) is 0. The summed E-state index contributed by atoms with van der Waals surface area (Å²) >= 11 is 0. The molecule has 4 nitrogen and oxygen atoms in total. The predicted octanol–water partition coefficient (Wildman–Crippen LogP) is 6.15. The highest BCUT2D eigenvalue weighted by molar-refractivity contribution is 5.77. The fourth-order valence-electron chi connectivity index (χ4n) is 5.32. The average Bonchev–Trinajstić information content (AvgIpc) is 3.16. The minimum atomic E-state index is -0.657. The lowest BCUT2D eigenvalue weighted by Crippen LogP contribution is -2.52. The average molecular weight is 420 g/mol. The zero-order valence-corrected chi connectivity index (χ0v) is 19.3. The van der Waals surface area contributed by atoms with E-state index in [-0.39, 0.29) is 17.0 Å². The number of rotatable bonds is 5. The Morgan fingerprint density at radius 2 is 1.71 bits per heavy atom. The molecule has 4 rings (SSSR count). The number of fused-ring (bicyclic) bond motifs is 1. The molecule has 0 unspecified atom stereocenters. The van der Waals surface area contributed by atoms with Gasteiger partial charge in [-0.3, -0.25) is 4.90 Å². The summed E-state index contributed by atoms with van der Waals surface area (Å²) in [6.45, 7) is 10.9. The summed E-state index contributed by atoms with van der Waals surface area (Å²) in [5.74, 6) is 0. The van der Waals surface area contributed by atoms with E-state index in [9.17, 15) is 4.79 Å². The summed E-state index contributed by atoms with van der Waals surface area (Å²) in [4.78, 5) is 14.6. The van der Waals surface area contributed by atoms with Crippen molar-refractivity contribution in [3.8, 4) is 0 Å². The van der Waals surface area contributed by atoms with Gasteiger partial charge in [0.25, 0.3) is 0 Å². The smallest absolute Gasteiger partial charge is 0.412 e. The highest BCUT2D eigenvalue weighted by Crippen LogP contribution is 2.47. The van der Waals surface area contributed by atoms with Gasteiger partial charge < -0.3 is 9.47 Å². The second-order valence-electron chi connectivity index (χ2n) is 9.81. The van der Waals surface area contributed by atoms with E-state index in [1.165, 1.54) is 22.3 Å². The first-order valence-electron chi connectivity index (χ1n) is 11.1. The van der Waals surface area contributed by atoms with Crippen molar-refractivity contribution >= 4 is 11.7 Å². The van der Waals surface area contributed by atoms with Gasteiger partial charge in [0.2, 0.25) is 0 Å². The van der Waals surface area contributed by atoms with Gasteiger partial charge in [0.1, 0.15) is 5.72 Å². The minimum Gasteiger partial charge on any atom is -0.449 e. The van der Waals surface area contributed by atoms with Gasteiger partial charge in [0, 0.05) is 5.41 Å². The Morgan fingerprint density at radius 3 is 2.39 bits per heavy atom. The number of hydrogen-bond acceptors (Lipinski definition) is 3. The number of ether oxygens (including phenoxy) is 2. The molecular weight excluding hydrogens is 386 g/mol. The summed E-state index contributed by atoms with van der Waals surface area (Å²) in [6.07, 6.45) is 3.73. The van der Waals surface area contributed by atoms with Gasteiger partial charge in [0.15, 0.2) is 0 Å².